The first kappa shape index (κ1) is 13.9. The zero-order valence-electron chi connectivity index (χ0n) is 10.5. The van der Waals surface area contributed by atoms with Gasteiger partial charge in [0.15, 0.2) is 18.2 Å². The van der Waals surface area contributed by atoms with Gasteiger partial charge < -0.3 is 14.6 Å². The Kier molecular flexibility index (Phi) is 3.57. The third-order valence-corrected chi connectivity index (χ3v) is 3.31. The van der Waals surface area contributed by atoms with Crippen LogP contribution in [0.25, 0.3) is 0 Å². The molecule has 106 valence electrons. The van der Waals surface area contributed by atoms with Crippen molar-refractivity contribution in [3.05, 3.63) is 33.1 Å². The summed E-state index contributed by atoms with van der Waals surface area (Å²) >= 11 is 0. The first-order valence-electron chi connectivity index (χ1n) is 5.81. The zero-order chi connectivity index (χ0) is 14.2. The minimum Gasteiger partial charge on any atom is -0.384 e. The summed E-state index contributed by atoms with van der Waals surface area (Å²) in [5.74, 6) is -1.50. The highest BCUT2D eigenvalue weighted by molar-refractivity contribution is 4.97. The van der Waals surface area contributed by atoms with Crippen molar-refractivity contribution in [3.8, 4) is 0 Å². The average Bonchev–Trinajstić information content (AvgIpc) is 2.64. The minimum absolute atomic E-state index is 0.208. The van der Waals surface area contributed by atoms with Gasteiger partial charge in [0.25, 0.3) is 5.56 Å². The number of nitrogens with one attached hydrogen (secondary N) is 1. The lowest BCUT2D eigenvalue weighted by molar-refractivity contribution is -0.255. The summed E-state index contributed by atoms with van der Waals surface area (Å²) in [6.45, 7) is 1.66. The van der Waals surface area contributed by atoms with E-state index in [2.05, 4.69) is 0 Å². The van der Waals surface area contributed by atoms with E-state index in [9.17, 15) is 19.1 Å². The lowest BCUT2D eigenvalue weighted by atomic mass is 10.1. The maximum absolute atomic E-state index is 14.1. The predicted molar refractivity (Wildman–Crippen MR) is 62.4 cm³/mol. The maximum atomic E-state index is 14.1. The smallest absolute Gasteiger partial charge is 0.330 e. The highest BCUT2D eigenvalue weighted by Gasteiger charge is 2.55. The number of aliphatic hydroxyl groups excluding tert-OH is 1. The zero-order valence-corrected chi connectivity index (χ0v) is 10.5. The highest BCUT2D eigenvalue weighted by atomic mass is 19.1. The Bertz CT molecular complexity index is 565. The first-order chi connectivity index (χ1) is 8.95. The van der Waals surface area contributed by atoms with Gasteiger partial charge in [-0.2, -0.15) is 0 Å². The molecule has 0 saturated carbocycles. The van der Waals surface area contributed by atoms with Crippen LogP contribution in [0.5, 0.6) is 0 Å². The summed E-state index contributed by atoms with van der Waals surface area (Å²) in [6.07, 6.45) is -3.39. The van der Waals surface area contributed by atoms with Gasteiger partial charge in [-0.1, -0.05) is 6.92 Å². The number of alkyl halides is 1. The molecule has 2 heterocycles. The van der Waals surface area contributed by atoms with Crippen LogP contribution in [-0.4, -0.2) is 39.8 Å². The van der Waals surface area contributed by atoms with Crippen LogP contribution in [0.2, 0.25) is 0 Å². The molecule has 4 atom stereocenters. The quantitative estimate of drug-likeness (QED) is 0.776. The van der Waals surface area contributed by atoms with E-state index in [1.807, 2.05) is 4.98 Å². The number of hydrogen-bond donors (Lipinski definition) is 2. The van der Waals surface area contributed by atoms with Gasteiger partial charge in [-0.05, 0) is 0 Å². The van der Waals surface area contributed by atoms with Gasteiger partial charge in [-0.25, -0.2) is 9.18 Å². The average molecular weight is 274 g/mol. The van der Waals surface area contributed by atoms with Gasteiger partial charge in [-0.15, -0.1) is 0 Å². The number of methoxy groups -OCH3 is 1. The second-order valence-corrected chi connectivity index (χ2v) is 4.28. The van der Waals surface area contributed by atoms with Gasteiger partial charge in [0.05, 0.1) is 0 Å². The number of nitrogens with zero attached hydrogens (tertiary/aromatic N) is 1. The van der Waals surface area contributed by atoms with Crippen molar-refractivity contribution in [2.24, 2.45) is 0 Å². The molecule has 2 rings (SSSR count). The van der Waals surface area contributed by atoms with Gasteiger partial charge in [0, 0.05) is 25.8 Å². The fourth-order valence-electron chi connectivity index (χ4n) is 2.18. The molecule has 1 saturated heterocycles. The van der Waals surface area contributed by atoms with Crippen molar-refractivity contribution >= 4 is 0 Å². The van der Waals surface area contributed by atoms with E-state index in [-0.39, 0.29) is 6.42 Å². The Morgan fingerprint density at radius 1 is 1.63 bits per heavy atom. The molecule has 1 aliphatic heterocycles. The Hall–Kier alpha value is -1.51. The number of halogens is 1. The number of aromatic amines is 1. The largest absolute Gasteiger partial charge is 0.384 e. The standard InChI is InChI=1S/C11H15FN2O5/c1-3-11(18-2)8(16)7(12)9(19-11)14-5-4-6(15)13-10(14)17/h4-5,7-9,16H,3H2,1-2H3,(H,13,15,17)/t7-,8?,9+,11-/m0/s1. The fraction of sp³-hybridized carbons (Fsp3) is 0.636. The molecule has 0 spiro atoms. The van der Waals surface area contributed by atoms with Crippen molar-refractivity contribution in [3.63, 3.8) is 0 Å². The van der Waals surface area contributed by atoms with Crippen LogP contribution >= 0.6 is 0 Å². The van der Waals surface area contributed by atoms with Gasteiger partial charge >= 0.3 is 5.69 Å². The topological polar surface area (TPSA) is 93.5 Å². The van der Waals surface area contributed by atoms with Gasteiger partial charge in [-0.3, -0.25) is 14.3 Å². The molecule has 1 aromatic rings. The molecular formula is C11H15FN2O5. The number of aromatic nitrogens is 2. The molecule has 1 aromatic heterocycles. The van der Waals surface area contributed by atoms with E-state index >= 15 is 0 Å². The van der Waals surface area contributed by atoms with Crippen molar-refractivity contribution in [2.45, 2.75) is 37.6 Å². The van der Waals surface area contributed by atoms with Crippen LogP contribution in [0.1, 0.15) is 19.6 Å². The third kappa shape index (κ3) is 2.11. The normalized spacial score (nSPS) is 34.6. The number of H-pyrrole nitrogens is 1. The monoisotopic (exact) mass is 274 g/mol. The van der Waals surface area contributed by atoms with Crippen molar-refractivity contribution < 1.29 is 19.0 Å². The Balaban J connectivity index is 2.42. The van der Waals surface area contributed by atoms with Crippen LogP contribution in [0, 0.1) is 0 Å². The second-order valence-electron chi connectivity index (χ2n) is 4.28. The maximum Gasteiger partial charge on any atom is 0.330 e. The summed E-state index contributed by atoms with van der Waals surface area (Å²) in [6, 6.07) is 1.07. The molecule has 0 radical (unpaired) electrons. The van der Waals surface area contributed by atoms with E-state index < -0.39 is 35.5 Å². The summed E-state index contributed by atoms with van der Waals surface area (Å²) < 4.78 is 25.4. The molecule has 1 aliphatic rings. The fourth-order valence-corrected chi connectivity index (χ4v) is 2.18. The van der Waals surface area contributed by atoms with E-state index in [1.165, 1.54) is 7.11 Å². The van der Waals surface area contributed by atoms with E-state index in [1.54, 1.807) is 6.92 Å². The SMILES string of the molecule is CC[C@]1(OC)O[C@@H](n2ccc(=O)[nH]c2=O)[C@@H](F)C1O. The number of aliphatic hydroxyl groups is 1. The molecule has 7 nitrogen and oxygen atoms in total. The number of ether oxygens (including phenoxy) is 2. The summed E-state index contributed by atoms with van der Waals surface area (Å²) in [5.41, 5.74) is -1.40. The molecule has 0 bridgehead atoms. The summed E-state index contributed by atoms with van der Waals surface area (Å²) in [4.78, 5) is 24.6. The Morgan fingerprint density at radius 2 is 2.32 bits per heavy atom. The summed E-state index contributed by atoms with van der Waals surface area (Å²) in [5, 5.41) is 9.87. The van der Waals surface area contributed by atoms with Crippen LogP contribution in [0.15, 0.2) is 21.9 Å². The minimum atomic E-state index is -1.84. The van der Waals surface area contributed by atoms with E-state index in [0.29, 0.717) is 0 Å². The van der Waals surface area contributed by atoms with Crippen LogP contribution in [0.3, 0.4) is 0 Å². The van der Waals surface area contributed by atoms with Crippen molar-refractivity contribution in [1.29, 1.82) is 0 Å². The Morgan fingerprint density at radius 3 is 2.79 bits per heavy atom. The predicted octanol–water partition coefficient (Wildman–Crippen LogP) is -0.483. The van der Waals surface area contributed by atoms with Gasteiger partial charge in [0.2, 0.25) is 0 Å². The van der Waals surface area contributed by atoms with E-state index in [4.69, 9.17) is 9.47 Å². The van der Waals surface area contributed by atoms with Crippen LogP contribution in [-0.2, 0) is 9.47 Å². The lowest BCUT2D eigenvalue weighted by Crippen LogP contribution is -2.43. The van der Waals surface area contributed by atoms with Crippen LogP contribution < -0.4 is 11.2 Å². The molecular weight excluding hydrogens is 259 g/mol. The molecule has 1 fully saturated rings. The molecule has 19 heavy (non-hydrogen) atoms. The molecule has 0 amide bonds. The van der Waals surface area contributed by atoms with Crippen LogP contribution in [0.4, 0.5) is 4.39 Å². The molecule has 1 unspecified atom stereocenters. The van der Waals surface area contributed by atoms with Gasteiger partial charge in [0.1, 0.15) is 6.10 Å². The number of rotatable bonds is 3. The summed E-state index contributed by atoms with van der Waals surface area (Å²) in [7, 11) is 1.29. The highest BCUT2D eigenvalue weighted by Crippen LogP contribution is 2.40. The lowest BCUT2D eigenvalue weighted by Gasteiger charge is -2.28. The number of hydrogen-bond acceptors (Lipinski definition) is 5. The van der Waals surface area contributed by atoms with E-state index in [0.717, 1.165) is 16.8 Å². The first-order valence-corrected chi connectivity index (χ1v) is 5.81. The molecule has 2 N–H and O–H groups in total. The van der Waals surface area contributed by atoms with Crippen molar-refractivity contribution in [1.82, 2.24) is 9.55 Å². The molecule has 8 heteroatoms. The third-order valence-electron chi connectivity index (χ3n) is 3.31. The Labute approximate surface area is 107 Å². The molecule has 0 aromatic carbocycles. The van der Waals surface area contributed by atoms with Crippen molar-refractivity contribution in [2.75, 3.05) is 7.11 Å². The molecule has 0 aliphatic carbocycles. The second kappa shape index (κ2) is 4.87.